The highest BCUT2D eigenvalue weighted by Crippen LogP contribution is 2.21. The first-order chi connectivity index (χ1) is 5.33. The topological polar surface area (TPSA) is 12.9 Å². The maximum absolute atomic E-state index is 4.23. The minimum atomic E-state index is 0.671. The van der Waals surface area contributed by atoms with Crippen molar-refractivity contribution in [2.45, 2.75) is 30.5 Å². The molecule has 0 bridgehead atoms. The molecule has 1 unspecified atom stereocenters. The Kier molecular flexibility index (Phi) is 3.43. The van der Waals surface area contributed by atoms with Crippen LogP contribution >= 0.6 is 11.8 Å². The van der Waals surface area contributed by atoms with Gasteiger partial charge in [-0.15, -0.1) is 11.8 Å². The summed E-state index contributed by atoms with van der Waals surface area (Å²) in [6.45, 7) is 4.42. The molecule has 0 fully saturated rings. The van der Waals surface area contributed by atoms with Gasteiger partial charge in [0.1, 0.15) is 0 Å². The third-order valence-electron chi connectivity index (χ3n) is 1.53. The van der Waals surface area contributed by atoms with Crippen LogP contribution in [-0.4, -0.2) is 10.2 Å². The van der Waals surface area contributed by atoms with E-state index in [1.807, 2.05) is 30.1 Å². The Labute approximate surface area is 72.2 Å². The first kappa shape index (κ1) is 8.60. The summed E-state index contributed by atoms with van der Waals surface area (Å²) in [4.78, 5) is 4.23. The third-order valence-corrected chi connectivity index (χ3v) is 2.75. The molecule has 1 aromatic rings. The lowest BCUT2D eigenvalue weighted by Gasteiger charge is -2.05. The fraction of sp³-hybridized carbons (Fsp3) is 0.444. The van der Waals surface area contributed by atoms with Gasteiger partial charge in [-0.2, -0.15) is 0 Å². The van der Waals surface area contributed by atoms with E-state index in [4.69, 9.17) is 0 Å². The molecule has 0 amide bonds. The van der Waals surface area contributed by atoms with Crippen LogP contribution in [0.2, 0.25) is 0 Å². The van der Waals surface area contributed by atoms with Gasteiger partial charge < -0.3 is 0 Å². The lowest BCUT2D eigenvalue weighted by Crippen LogP contribution is -1.92. The number of nitrogens with zero attached hydrogens (tertiary/aromatic N) is 1. The van der Waals surface area contributed by atoms with Crippen molar-refractivity contribution in [3.05, 3.63) is 24.4 Å². The molecule has 0 saturated heterocycles. The highest BCUT2D eigenvalue weighted by atomic mass is 32.2. The summed E-state index contributed by atoms with van der Waals surface area (Å²) >= 11 is 1.83. The summed E-state index contributed by atoms with van der Waals surface area (Å²) in [5.74, 6) is 0. The standard InChI is InChI=1S/C9H13NS/c1-3-8(2)11-9-6-4-5-7-10-9/h4-8H,3H2,1-2H3. The Balaban J connectivity index is 2.51. The largest absolute Gasteiger partial charge is 0.250 e. The molecule has 60 valence electrons. The van der Waals surface area contributed by atoms with E-state index in [0.717, 1.165) is 5.03 Å². The lowest BCUT2D eigenvalue weighted by molar-refractivity contribution is 0.901. The average molecular weight is 167 g/mol. The molecule has 0 saturated carbocycles. The van der Waals surface area contributed by atoms with Crippen molar-refractivity contribution in [3.8, 4) is 0 Å². The molecule has 2 heteroatoms. The summed E-state index contributed by atoms with van der Waals surface area (Å²) in [5.41, 5.74) is 0. The van der Waals surface area contributed by atoms with Crippen molar-refractivity contribution in [2.24, 2.45) is 0 Å². The summed E-state index contributed by atoms with van der Waals surface area (Å²) in [6.07, 6.45) is 3.03. The molecule has 0 aromatic carbocycles. The Morgan fingerprint density at radius 2 is 2.36 bits per heavy atom. The number of hydrogen-bond acceptors (Lipinski definition) is 2. The Hall–Kier alpha value is -0.500. The highest BCUT2D eigenvalue weighted by molar-refractivity contribution is 7.99. The SMILES string of the molecule is CCC(C)Sc1ccccn1. The number of pyridine rings is 1. The summed E-state index contributed by atoms with van der Waals surface area (Å²) in [6, 6.07) is 6.02. The van der Waals surface area contributed by atoms with Crippen LogP contribution in [0.1, 0.15) is 20.3 Å². The van der Waals surface area contributed by atoms with Crippen LogP contribution in [0.15, 0.2) is 29.4 Å². The Bertz CT molecular complexity index is 198. The van der Waals surface area contributed by atoms with Crippen molar-refractivity contribution in [1.82, 2.24) is 4.98 Å². The van der Waals surface area contributed by atoms with Gasteiger partial charge in [0.05, 0.1) is 5.03 Å². The molecule has 0 N–H and O–H groups in total. The van der Waals surface area contributed by atoms with Gasteiger partial charge in [-0.3, -0.25) is 0 Å². The minimum absolute atomic E-state index is 0.671. The molecule has 1 atom stereocenters. The summed E-state index contributed by atoms with van der Waals surface area (Å²) in [5, 5.41) is 1.80. The monoisotopic (exact) mass is 167 g/mol. The van der Waals surface area contributed by atoms with Gasteiger partial charge in [-0.25, -0.2) is 4.98 Å². The lowest BCUT2D eigenvalue weighted by atomic mass is 10.4. The fourth-order valence-corrected chi connectivity index (χ4v) is 1.56. The Morgan fingerprint density at radius 3 is 2.91 bits per heavy atom. The van der Waals surface area contributed by atoms with Crippen LogP contribution in [-0.2, 0) is 0 Å². The normalized spacial score (nSPS) is 12.9. The van der Waals surface area contributed by atoms with Gasteiger partial charge >= 0.3 is 0 Å². The van der Waals surface area contributed by atoms with E-state index in [2.05, 4.69) is 24.9 Å². The first-order valence-corrected chi connectivity index (χ1v) is 4.78. The van der Waals surface area contributed by atoms with Gasteiger partial charge in [-0.05, 0) is 18.6 Å². The van der Waals surface area contributed by atoms with Crippen molar-refractivity contribution >= 4 is 11.8 Å². The van der Waals surface area contributed by atoms with E-state index in [1.54, 1.807) is 0 Å². The maximum atomic E-state index is 4.23. The van der Waals surface area contributed by atoms with Crippen LogP contribution in [0.5, 0.6) is 0 Å². The zero-order valence-electron chi connectivity index (χ0n) is 6.95. The van der Waals surface area contributed by atoms with Crippen LogP contribution in [0, 0.1) is 0 Å². The number of hydrogen-bond donors (Lipinski definition) is 0. The van der Waals surface area contributed by atoms with E-state index in [-0.39, 0.29) is 0 Å². The Morgan fingerprint density at radius 1 is 1.55 bits per heavy atom. The van der Waals surface area contributed by atoms with E-state index >= 15 is 0 Å². The minimum Gasteiger partial charge on any atom is -0.250 e. The third kappa shape index (κ3) is 2.93. The molecule has 1 heterocycles. The second-order valence-electron chi connectivity index (χ2n) is 2.50. The summed E-state index contributed by atoms with van der Waals surface area (Å²) < 4.78 is 0. The molecule has 0 aliphatic heterocycles. The van der Waals surface area contributed by atoms with Crippen molar-refractivity contribution in [1.29, 1.82) is 0 Å². The van der Waals surface area contributed by atoms with Crippen LogP contribution in [0.4, 0.5) is 0 Å². The molecule has 0 aliphatic carbocycles. The number of aromatic nitrogens is 1. The van der Waals surface area contributed by atoms with Gasteiger partial charge in [0.25, 0.3) is 0 Å². The number of thioether (sulfide) groups is 1. The van der Waals surface area contributed by atoms with Crippen LogP contribution in [0.3, 0.4) is 0 Å². The molecule has 1 nitrogen and oxygen atoms in total. The highest BCUT2D eigenvalue weighted by Gasteiger charge is 2.00. The molecule has 0 spiro atoms. The first-order valence-electron chi connectivity index (χ1n) is 3.90. The molecular formula is C9H13NS. The van der Waals surface area contributed by atoms with Crippen molar-refractivity contribution in [2.75, 3.05) is 0 Å². The average Bonchev–Trinajstić information content (AvgIpc) is 2.06. The van der Waals surface area contributed by atoms with Gasteiger partial charge in [0, 0.05) is 11.4 Å². The predicted molar refractivity (Wildman–Crippen MR) is 49.8 cm³/mol. The van der Waals surface area contributed by atoms with E-state index in [1.165, 1.54) is 6.42 Å². The van der Waals surface area contributed by atoms with Crippen LogP contribution < -0.4 is 0 Å². The molecular weight excluding hydrogens is 154 g/mol. The zero-order valence-corrected chi connectivity index (χ0v) is 7.77. The quantitative estimate of drug-likeness (QED) is 0.642. The van der Waals surface area contributed by atoms with Gasteiger partial charge in [0.2, 0.25) is 0 Å². The second kappa shape index (κ2) is 4.39. The number of rotatable bonds is 3. The fourth-order valence-electron chi connectivity index (χ4n) is 0.706. The van der Waals surface area contributed by atoms with Crippen molar-refractivity contribution < 1.29 is 0 Å². The van der Waals surface area contributed by atoms with E-state index in [9.17, 15) is 0 Å². The smallest absolute Gasteiger partial charge is 0.0962 e. The molecule has 1 rings (SSSR count). The van der Waals surface area contributed by atoms with Crippen LogP contribution in [0.25, 0.3) is 0 Å². The molecule has 11 heavy (non-hydrogen) atoms. The zero-order chi connectivity index (χ0) is 8.10. The van der Waals surface area contributed by atoms with Gasteiger partial charge in [-0.1, -0.05) is 19.9 Å². The van der Waals surface area contributed by atoms with Gasteiger partial charge in [0.15, 0.2) is 0 Å². The second-order valence-corrected chi connectivity index (χ2v) is 3.96. The molecule has 1 aromatic heterocycles. The van der Waals surface area contributed by atoms with Crippen molar-refractivity contribution in [3.63, 3.8) is 0 Å². The predicted octanol–water partition coefficient (Wildman–Crippen LogP) is 2.97. The summed E-state index contributed by atoms with van der Waals surface area (Å²) in [7, 11) is 0. The van der Waals surface area contributed by atoms with E-state index in [0.29, 0.717) is 5.25 Å². The molecule has 0 radical (unpaired) electrons. The maximum Gasteiger partial charge on any atom is 0.0962 e. The van der Waals surface area contributed by atoms with E-state index < -0.39 is 0 Å². The molecule has 0 aliphatic rings.